The quantitative estimate of drug-likeness (QED) is 0.317. The number of alkyl carbamates (subject to hydrolysis) is 1. The monoisotopic (exact) mass is 632 g/mol. The molecule has 9 nitrogen and oxygen atoms in total. The van der Waals surface area contributed by atoms with Crippen LogP contribution in [0.15, 0.2) is 12.2 Å². The van der Waals surface area contributed by atoms with Crippen molar-refractivity contribution < 1.29 is 50.1 Å². The molecule has 33 heavy (non-hydrogen) atoms. The van der Waals surface area contributed by atoms with Gasteiger partial charge in [-0.05, 0) is 46.5 Å². The predicted octanol–water partition coefficient (Wildman–Crippen LogP) is 2.16. The van der Waals surface area contributed by atoms with Crippen LogP contribution in [0.1, 0.15) is 65.7 Å². The molecule has 1 aliphatic carbocycles. The third-order valence-corrected chi connectivity index (χ3v) is 6.14. The summed E-state index contributed by atoms with van der Waals surface area (Å²) in [6.45, 7) is 5.51. The molecule has 2 fully saturated rings. The fourth-order valence-electron chi connectivity index (χ4n) is 4.34. The predicted molar refractivity (Wildman–Crippen MR) is 116 cm³/mol. The summed E-state index contributed by atoms with van der Waals surface area (Å²) in [7, 11) is 0. The average molecular weight is 632 g/mol. The van der Waals surface area contributed by atoms with Crippen molar-refractivity contribution in [2.45, 2.75) is 88.9 Å². The molecule has 0 spiro atoms. The van der Waals surface area contributed by atoms with Gasteiger partial charge in [0, 0.05) is 27.0 Å². The number of nitrogens with zero attached hydrogens (tertiary/aromatic N) is 1. The molecule has 1 saturated carbocycles. The summed E-state index contributed by atoms with van der Waals surface area (Å²) in [5.74, 6) is -2.13. The van der Waals surface area contributed by atoms with Crippen molar-refractivity contribution >= 4 is 23.9 Å². The summed E-state index contributed by atoms with van der Waals surface area (Å²) in [6, 6.07) is -1.61. The molecule has 2 aliphatic heterocycles. The van der Waals surface area contributed by atoms with Crippen molar-refractivity contribution in [3.8, 4) is 0 Å². The number of hydrogen-bond acceptors (Lipinski definition) is 5. The molecular weight excluding hydrogens is 598 g/mol. The molecule has 0 aromatic heterocycles. The van der Waals surface area contributed by atoms with Gasteiger partial charge in [0.1, 0.15) is 17.2 Å². The zero-order valence-corrected chi connectivity index (χ0v) is 22.4. The fourth-order valence-corrected chi connectivity index (χ4v) is 4.34. The van der Waals surface area contributed by atoms with Crippen LogP contribution in [-0.4, -0.2) is 63.7 Å². The SMILES string of the molecule is CC(C)(C)OC(=O)N[C@H]1CCCCC/C=C\C2C[C@@]2(C(=O)O)NC(=O)[C@@H]2C[CH-]CN2C1=O.[W]. The second kappa shape index (κ2) is 11.0. The standard InChI is InChI=1S/C23H34N3O6.W/c1-22(2,3)32-21(31)24-16-11-8-6-4-5-7-10-15-14-23(15,20(29)30)25-18(27)17-12-9-13-26(17)19(16)28;/h7,9-10,15-17H,4-6,8,11-14H2,1-3H3,(H,24,31)(H,25,27)(H,29,30);/q-1;/b10-7-;/t15?,16-,17-,23+;/m0./s1. The number of aliphatic carboxylic acids is 1. The van der Waals surface area contributed by atoms with Crippen LogP contribution in [0.25, 0.3) is 0 Å². The Morgan fingerprint density at radius 2 is 2.00 bits per heavy atom. The Bertz CT molecular complexity index is 796. The summed E-state index contributed by atoms with van der Waals surface area (Å²) >= 11 is 0. The number of ether oxygens (including phenoxy) is 1. The Labute approximate surface area is 209 Å². The number of fused-ring (bicyclic) bond motifs is 2. The number of allylic oxidation sites excluding steroid dienone is 1. The number of carboxylic acid groups (broad SMARTS) is 1. The molecule has 3 N–H and O–H groups in total. The second-order valence-corrected chi connectivity index (χ2v) is 9.87. The Kier molecular flexibility index (Phi) is 9.14. The Morgan fingerprint density at radius 3 is 2.67 bits per heavy atom. The zero-order chi connectivity index (χ0) is 23.5. The number of nitrogens with one attached hydrogen (secondary N) is 2. The van der Waals surface area contributed by atoms with E-state index >= 15 is 0 Å². The summed E-state index contributed by atoms with van der Waals surface area (Å²) in [6.07, 6.45) is 9.41. The molecule has 1 saturated heterocycles. The summed E-state index contributed by atoms with van der Waals surface area (Å²) < 4.78 is 5.32. The zero-order valence-electron chi connectivity index (χ0n) is 19.5. The van der Waals surface area contributed by atoms with Gasteiger partial charge in [0.05, 0.1) is 6.04 Å². The minimum atomic E-state index is -1.31. The van der Waals surface area contributed by atoms with Crippen LogP contribution in [0.5, 0.6) is 0 Å². The van der Waals surface area contributed by atoms with Crippen molar-refractivity contribution in [1.29, 1.82) is 0 Å². The van der Waals surface area contributed by atoms with Crippen LogP contribution in [0.2, 0.25) is 0 Å². The van der Waals surface area contributed by atoms with Gasteiger partial charge in [0.15, 0.2) is 0 Å². The van der Waals surface area contributed by atoms with E-state index in [0.717, 1.165) is 25.7 Å². The summed E-state index contributed by atoms with van der Waals surface area (Å²) in [4.78, 5) is 52.0. The van der Waals surface area contributed by atoms with Gasteiger partial charge in [-0.25, -0.2) is 9.59 Å². The van der Waals surface area contributed by atoms with Gasteiger partial charge >= 0.3 is 12.1 Å². The molecule has 4 atom stereocenters. The van der Waals surface area contributed by atoms with Crippen molar-refractivity contribution in [1.82, 2.24) is 15.5 Å². The smallest absolute Gasteiger partial charge is 0.408 e. The number of rotatable bonds is 2. The maximum Gasteiger partial charge on any atom is 0.408 e. The molecule has 0 bridgehead atoms. The molecule has 3 amide bonds. The third kappa shape index (κ3) is 6.81. The minimum Gasteiger partial charge on any atom is -0.479 e. The fraction of sp³-hybridized carbons (Fsp3) is 0.696. The number of amides is 3. The van der Waals surface area contributed by atoms with E-state index in [2.05, 4.69) is 10.6 Å². The van der Waals surface area contributed by atoms with Crippen LogP contribution < -0.4 is 10.6 Å². The van der Waals surface area contributed by atoms with E-state index in [9.17, 15) is 24.3 Å². The van der Waals surface area contributed by atoms with E-state index in [1.54, 1.807) is 20.8 Å². The number of carbonyl (C=O) groups is 4. The molecule has 10 heteroatoms. The van der Waals surface area contributed by atoms with Gasteiger partial charge in [-0.3, -0.25) is 9.59 Å². The Hall–Kier alpha value is -1.89. The van der Waals surface area contributed by atoms with Crippen molar-refractivity contribution in [3.63, 3.8) is 0 Å². The molecule has 3 rings (SSSR count). The maximum atomic E-state index is 13.3. The van der Waals surface area contributed by atoms with Crippen LogP contribution >= 0.6 is 0 Å². The van der Waals surface area contributed by atoms with Crippen molar-refractivity contribution in [3.05, 3.63) is 18.6 Å². The summed E-state index contributed by atoms with van der Waals surface area (Å²) in [5, 5.41) is 15.1. The van der Waals surface area contributed by atoms with E-state index in [1.807, 2.05) is 18.6 Å². The molecular formula is C23H34N3O6W-. The molecule has 0 aromatic carbocycles. The van der Waals surface area contributed by atoms with Gasteiger partial charge in [-0.2, -0.15) is 0 Å². The number of carboxylic acids is 1. The first-order valence-corrected chi connectivity index (χ1v) is 11.4. The van der Waals surface area contributed by atoms with Gasteiger partial charge in [0.25, 0.3) is 0 Å². The van der Waals surface area contributed by atoms with Crippen LogP contribution in [0.4, 0.5) is 4.79 Å². The van der Waals surface area contributed by atoms with Gasteiger partial charge in [0.2, 0.25) is 11.8 Å². The normalized spacial score (nSPS) is 31.5. The van der Waals surface area contributed by atoms with Crippen molar-refractivity contribution in [2.75, 3.05) is 6.54 Å². The molecule has 0 radical (unpaired) electrons. The maximum absolute atomic E-state index is 13.3. The van der Waals surface area contributed by atoms with E-state index in [0.29, 0.717) is 19.3 Å². The van der Waals surface area contributed by atoms with Crippen LogP contribution in [-0.2, 0) is 40.2 Å². The van der Waals surface area contributed by atoms with E-state index in [-0.39, 0.29) is 39.4 Å². The van der Waals surface area contributed by atoms with E-state index < -0.39 is 41.2 Å². The van der Waals surface area contributed by atoms with Gasteiger partial charge in [-0.1, -0.05) is 25.0 Å². The first-order valence-electron chi connectivity index (χ1n) is 11.4. The molecule has 0 aromatic rings. The number of carbonyl (C=O) groups excluding carboxylic acids is 3. The second-order valence-electron chi connectivity index (χ2n) is 9.87. The van der Waals surface area contributed by atoms with Crippen LogP contribution in [0.3, 0.4) is 0 Å². The topological polar surface area (TPSA) is 125 Å². The Balaban J connectivity index is 0.00000385. The molecule has 1 unspecified atom stereocenters. The first-order chi connectivity index (χ1) is 15.0. The third-order valence-electron chi connectivity index (χ3n) is 6.14. The van der Waals surface area contributed by atoms with E-state index in [1.165, 1.54) is 4.90 Å². The molecule has 3 aliphatic rings. The molecule has 2 heterocycles. The largest absolute Gasteiger partial charge is 0.479 e. The average Bonchev–Trinajstić information content (AvgIpc) is 3.16. The minimum absolute atomic E-state index is 0. The first kappa shape index (κ1) is 27.4. The van der Waals surface area contributed by atoms with Gasteiger partial charge < -0.3 is 31.8 Å². The summed E-state index contributed by atoms with van der Waals surface area (Å²) in [5.41, 5.74) is -2.01. The van der Waals surface area contributed by atoms with Gasteiger partial charge in [-0.15, -0.1) is 13.0 Å². The Morgan fingerprint density at radius 1 is 1.27 bits per heavy atom. The van der Waals surface area contributed by atoms with Crippen LogP contribution in [0, 0.1) is 12.3 Å². The van der Waals surface area contributed by atoms with Crippen molar-refractivity contribution in [2.24, 2.45) is 5.92 Å². The molecule has 184 valence electrons. The number of hydrogen-bond donors (Lipinski definition) is 3. The van der Waals surface area contributed by atoms with E-state index in [4.69, 9.17) is 4.74 Å².